The van der Waals surface area contributed by atoms with Gasteiger partial charge in [0, 0.05) is 40.8 Å². The first kappa shape index (κ1) is 18.3. The van der Waals surface area contributed by atoms with Crippen LogP contribution < -0.4 is 4.74 Å². The first-order valence-corrected chi connectivity index (χ1v) is 10.1. The highest BCUT2D eigenvalue weighted by Crippen LogP contribution is 2.32. The molecule has 2 aromatic carbocycles. The number of ether oxygens (including phenoxy) is 1. The van der Waals surface area contributed by atoms with Crippen LogP contribution in [0.3, 0.4) is 0 Å². The molecule has 27 heavy (non-hydrogen) atoms. The van der Waals surface area contributed by atoms with Gasteiger partial charge in [-0.05, 0) is 49.6 Å². The standard InChI is InChI=1S/C23H25ClN2O/c24-21-11-12-23(20-9-2-1-8-19(20)21)27-16-6-15-26-14-4-3-10-22(26)18-7-5-13-25-17-18/h1-2,5,7-9,11-13,17,22H,3-4,6,10,14-16H2. The third-order valence-corrected chi connectivity index (χ3v) is 5.69. The molecule has 0 spiro atoms. The first-order valence-electron chi connectivity index (χ1n) is 9.77. The average molecular weight is 381 g/mol. The van der Waals surface area contributed by atoms with Crippen LogP contribution in [0.1, 0.15) is 37.3 Å². The highest BCUT2D eigenvalue weighted by molar-refractivity contribution is 6.35. The summed E-state index contributed by atoms with van der Waals surface area (Å²) in [6.45, 7) is 2.91. The Labute approximate surface area is 165 Å². The summed E-state index contributed by atoms with van der Waals surface area (Å²) < 4.78 is 6.11. The molecule has 3 nitrogen and oxygen atoms in total. The lowest BCUT2D eigenvalue weighted by Gasteiger charge is -2.35. The Kier molecular flexibility index (Phi) is 5.90. The molecule has 1 aromatic heterocycles. The number of halogens is 1. The zero-order valence-corrected chi connectivity index (χ0v) is 16.2. The van der Waals surface area contributed by atoms with Crippen LogP contribution in [-0.4, -0.2) is 29.6 Å². The van der Waals surface area contributed by atoms with Crippen molar-refractivity contribution in [3.63, 3.8) is 0 Å². The van der Waals surface area contributed by atoms with Crippen molar-refractivity contribution in [3.8, 4) is 5.75 Å². The van der Waals surface area contributed by atoms with Gasteiger partial charge < -0.3 is 4.74 Å². The Bertz CT molecular complexity index is 884. The molecule has 0 aliphatic carbocycles. The molecular formula is C23H25ClN2O. The molecular weight excluding hydrogens is 356 g/mol. The van der Waals surface area contributed by atoms with Gasteiger partial charge in [-0.2, -0.15) is 0 Å². The summed E-state index contributed by atoms with van der Waals surface area (Å²) in [4.78, 5) is 6.89. The Balaban J connectivity index is 1.36. The van der Waals surface area contributed by atoms with Gasteiger partial charge in [-0.1, -0.05) is 48.4 Å². The van der Waals surface area contributed by atoms with Gasteiger partial charge >= 0.3 is 0 Å². The van der Waals surface area contributed by atoms with Crippen LogP contribution >= 0.6 is 11.6 Å². The van der Waals surface area contributed by atoms with Crippen LogP contribution in [0.4, 0.5) is 0 Å². The summed E-state index contributed by atoms with van der Waals surface area (Å²) in [5, 5.41) is 2.89. The molecule has 1 unspecified atom stereocenters. The van der Waals surface area contributed by atoms with Gasteiger partial charge in [0.15, 0.2) is 0 Å². The van der Waals surface area contributed by atoms with E-state index >= 15 is 0 Å². The number of rotatable bonds is 6. The summed E-state index contributed by atoms with van der Waals surface area (Å²) in [6, 6.07) is 16.8. The van der Waals surface area contributed by atoms with Gasteiger partial charge in [-0.15, -0.1) is 0 Å². The molecule has 1 aliphatic heterocycles. The third kappa shape index (κ3) is 4.26. The maximum atomic E-state index is 6.30. The molecule has 0 N–H and O–H groups in total. The minimum absolute atomic E-state index is 0.490. The lowest BCUT2D eigenvalue weighted by atomic mass is 9.96. The fourth-order valence-electron chi connectivity index (χ4n) is 4.02. The molecule has 140 valence electrons. The Morgan fingerprint density at radius 1 is 1.04 bits per heavy atom. The van der Waals surface area contributed by atoms with E-state index in [9.17, 15) is 0 Å². The molecule has 0 amide bonds. The maximum absolute atomic E-state index is 6.30. The van der Waals surface area contributed by atoms with E-state index in [0.29, 0.717) is 12.6 Å². The van der Waals surface area contributed by atoms with Gasteiger partial charge in [0.05, 0.1) is 6.61 Å². The van der Waals surface area contributed by atoms with Crippen LogP contribution in [0, 0.1) is 0 Å². The SMILES string of the molecule is Clc1ccc(OCCCN2CCCCC2c2cccnc2)c2ccccc12. The summed E-state index contributed by atoms with van der Waals surface area (Å²) >= 11 is 6.30. The van der Waals surface area contributed by atoms with Gasteiger partial charge in [-0.25, -0.2) is 0 Å². The lowest BCUT2D eigenvalue weighted by molar-refractivity contribution is 0.137. The number of hydrogen-bond acceptors (Lipinski definition) is 3. The summed E-state index contributed by atoms with van der Waals surface area (Å²) in [7, 11) is 0. The highest BCUT2D eigenvalue weighted by Gasteiger charge is 2.23. The normalized spacial score (nSPS) is 17.9. The number of benzene rings is 2. The third-order valence-electron chi connectivity index (χ3n) is 5.36. The lowest BCUT2D eigenvalue weighted by Crippen LogP contribution is -2.34. The molecule has 4 heteroatoms. The van der Waals surface area contributed by atoms with E-state index in [-0.39, 0.29) is 0 Å². The van der Waals surface area contributed by atoms with E-state index in [1.807, 2.05) is 48.8 Å². The Morgan fingerprint density at radius 2 is 1.93 bits per heavy atom. The predicted octanol–water partition coefficient (Wildman–Crippen LogP) is 5.88. The monoisotopic (exact) mass is 380 g/mol. The molecule has 3 aromatic rings. The summed E-state index contributed by atoms with van der Waals surface area (Å²) in [5.41, 5.74) is 1.34. The molecule has 4 rings (SSSR count). The van der Waals surface area contributed by atoms with Crippen molar-refractivity contribution in [1.82, 2.24) is 9.88 Å². The van der Waals surface area contributed by atoms with Crippen molar-refractivity contribution in [2.45, 2.75) is 31.7 Å². The zero-order chi connectivity index (χ0) is 18.5. The van der Waals surface area contributed by atoms with E-state index in [4.69, 9.17) is 16.3 Å². The van der Waals surface area contributed by atoms with Crippen molar-refractivity contribution >= 4 is 22.4 Å². The molecule has 0 radical (unpaired) electrons. The van der Waals surface area contributed by atoms with Gasteiger partial charge in [0.25, 0.3) is 0 Å². The number of piperidine rings is 1. The molecule has 2 heterocycles. The molecule has 0 bridgehead atoms. The number of hydrogen-bond donors (Lipinski definition) is 0. The second kappa shape index (κ2) is 8.73. The predicted molar refractivity (Wildman–Crippen MR) is 111 cm³/mol. The van der Waals surface area contributed by atoms with Crippen molar-refractivity contribution in [2.24, 2.45) is 0 Å². The zero-order valence-electron chi connectivity index (χ0n) is 15.5. The number of fused-ring (bicyclic) bond motifs is 1. The van der Waals surface area contributed by atoms with Crippen LogP contribution in [-0.2, 0) is 0 Å². The number of nitrogens with zero attached hydrogens (tertiary/aromatic N) is 2. The van der Waals surface area contributed by atoms with Crippen molar-refractivity contribution in [3.05, 3.63) is 71.5 Å². The number of likely N-dealkylation sites (tertiary alicyclic amines) is 1. The fourth-order valence-corrected chi connectivity index (χ4v) is 4.25. The highest BCUT2D eigenvalue weighted by atomic mass is 35.5. The topological polar surface area (TPSA) is 25.4 Å². The van der Waals surface area contributed by atoms with E-state index in [1.165, 1.54) is 24.8 Å². The minimum Gasteiger partial charge on any atom is -0.493 e. The number of aromatic nitrogens is 1. The van der Waals surface area contributed by atoms with Gasteiger partial charge in [0.2, 0.25) is 0 Å². The molecule has 1 saturated heterocycles. The smallest absolute Gasteiger partial charge is 0.127 e. The first-order chi connectivity index (χ1) is 13.3. The van der Waals surface area contributed by atoms with Crippen LogP contribution in [0.15, 0.2) is 60.9 Å². The van der Waals surface area contributed by atoms with Crippen LogP contribution in [0.25, 0.3) is 10.8 Å². The Morgan fingerprint density at radius 3 is 2.78 bits per heavy atom. The van der Waals surface area contributed by atoms with Crippen LogP contribution in [0.2, 0.25) is 5.02 Å². The van der Waals surface area contributed by atoms with E-state index in [0.717, 1.165) is 41.1 Å². The number of pyridine rings is 1. The Hall–Kier alpha value is -2.10. The fraction of sp³-hybridized carbons (Fsp3) is 0.348. The second-order valence-electron chi connectivity index (χ2n) is 7.13. The van der Waals surface area contributed by atoms with E-state index in [2.05, 4.69) is 22.0 Å². The van der Waals surface area contributed by atoms with Gasteiger partial charge in [0.1, 0.15) is 5.75 Å². The van der Waals surface area contributed by atoms with E-state index < -0.39 is 0 Å². The quantitative estimate of drug-likeness (QED) is 0.499. The van der Waals surface area contributed by atoms with E-state index in [1.54, 1.807) is 0 Å². The molecule has 1 aliphatic rings. The molecule has 0 saturated carbocycles. The summed E-state index contributed by atoms with van der Waals surface area (Å²) in [5.74, 6) is 0.914. The molecule has 1 fully saturated rings. The average Bonchev–Trinajstić information content (AvgIpc) is 2.74. The summed E-state index contributed by atoms with van der Waals surface area (Å²) in [6.07, 6.45) is 8.66. The minimum atomic E-state index is 0.490. The molecule has 1 atom stereocenters. The van der Waals surface area contributed by atoms with Crippen LogP contribution in [0.5, 0.6) is 5.75 Å². The maximum Gasteiger partial charge on any atom is 0.127 e. The largest absolute Gasteiger partial charge is 0.493 e. The second-order valence-corrected chi connectivity index (χ2v) is 7.53. The van der Waals surface area contributed by atoms with Crippen molar-refractivity contribution in [2.75, 3.05) is 19.7 Å². The van der Waals surface area contributed by atoms with Crippen molar-refractivity contribution in [1.29, 1.82) is 0 Å². The van der Waals surface area contributed by atoms with Gasteiger partial charge in [-0.3, -0.25) is 9.88 Å². The van der Waals surface area contributed by atoms with Crippen molar-refractivity contribution < 1.29 is 4.74 Å².